The van der Waals surface area contributed by atoms with Gasteiger partial charge in [0.2, 0.25) is 0 Å². The Hall–Kier alpha value is -3.77. The molecule has 1 amide bonds. The van der Waals surface area contributed by atoms with E-state index >= 15 is 0 Å². The van der Waals surface area contributed by atoms with Gasteiger partial charge in [0.05, 0.1) is 12.1 Å². The summed E-state index contributed by atoms with van der Waals surface area (Å²) in [6.07, 6.45) is 0.388. The van der Waals surface area contributed by atoms with E-state index < -0.39 is 12.2 Å². The molecule has 4 aromatic rings. The van der Waals surface area contributed by atoms with Gasteiger partial charge in [-0.2, -0.15) is 0 Å². The van der Waals surface area contributed by atoms with Gasteiger partial charge in [-0.15, -0.1) is 0 Å². The van der Waals surface area contributed by atoms with Crippen molar-refractivity contribution in [3.05, 3.63) is 102 Å². The second-order valence-corrected chi connectivity index (χ2v) is 8.16. The van der Waals surface area contributed by atoms with Crippen molar-refractivity contribution in [2.75, 3.05) is 6.54 Å². The molecule has 0 saturated heterocycles. The normalized spacial score (nSPS) is 12.9. The maximum Gasteiger partial charge on any atom is 0.404 e. The van der Waals surface area contributed by atoms with Crippen LogP contribution < -0.4 is 10.1 Å². The molecule has 170 valence electrons. The van der Waals surface area contributed by atoms with Crippen molar-refractivity contribution < 1.29 is 19.7 Å². The number of rotatable bonds is 9. The molecule has 1 heterocycles. The van der Waals surface area contributed by atoms with Crippen LogP contribution >= 0.6 is 0 Å². The van der Waals surface area contributed by atoms with Crippen molar-refractivity contribution in [3.63, 3.8) is 0 Å². The third-order valence-corrected chi connectivity index (χ3v) is 5.74. The van der Waals surface area contributed by atoms with Gasteiger partial charge in [0.1, 0.15) is 12.4 Å². The van der Waals surface area contributed by atoms with E-state index in [0.29, 0.717) is 13.0 Å². The summed E-state index contributed by atoms with van der Waals surface area (Å²) in [6, 6.07) is 25.6. The Morgan fingerprint density at radius 1 is 1.03 bits per heavy atom. The minimum absolute atomic E-state index is 0.177. The summed E-state index contributed by atoms with van der Waals surface area (Å²) in [5.74, 6) is 0.781. The first-order valence-electron chi connectivity index (χ1n) is 11.0. The third kappa shape index (κ3) is 5.54. The number of amides is 1. The summed E-state index contributed by atoms with van der Waals surface area (Å²) in [5.41, 5.74) is 4.25. The van der Waals surface area contributed by atoms with Crippen molar-refractivity contribution in [2.24, 2.45) is 0 Å². The lowest BCUT2D eigenvalue weighted by atomic mass is 9.98. The molecule has 3 aromatic carbocycles. The average Bonchev–Trinajstić information content (AvgIpc) is 3.22. The highest BCUT2D eigenvalue weighted by Crippen LogP contribution is 2.31. The molecule has 4 rings (SSSR count). The first-order valence-corrected chi connectivity index (χ1v) is 11.0. The molecule has 6 heteroatoms. The van der Waals surface area contributed by atoms with Gasteiger partial charge in [-0.25, -0.2) is 4.79 Å². The summed E-state index contributed by atoms with van der Waals surface area (Å²) < 4.78 is 8.04. The van der Waals surface area contributed by atoms with Crippen molar-refractivity contribution in [1.29, 1.82) is 0 Å². The van der Waals surface area contributed by atoms with Crippen LogP contribution in [0.15, 0.2) is 85.1 Å². The lowest BCUT2D eigenvalue weighted by molar-refractivity contribution is 0.121. The molecule has 33 heavy (non-hydrogen) atoms. The topological polar surface area (TPSA) is 83.7 Å². The van der Waals surface area contributed by atoms with Gasteiger partial charge in [-0.3, -0.25) is 0 Å². The number of ether oxygens (including phenoxy) is 1. The van der Waals surface area contributed by atoms with Crippen LogP contribution in [0.4, 0.5) is 4.79 Å². The van der Waals surface area contributed by atoms with Gasteiger partial charge in [-0.1, -0.05) is 60.2 Å². The Bertz CT molecular complexity index is 1200. The monoisotopic (exact) mass is 444 g/mol. The molecule has 0 aliphatic rings. The minimum atomic E-state index is -1.09. The van der Waals surface area contributed by atoms with Gasteiger partial charge >= 0.3 is 6.09 Å². The number of aliphatic hydroxyl groups excluding tert-OH is 1. The highest BCUT2D eigenvalue weighted by Gasteiger charge is 2.24. The van der Waals surface area contributed by atoms with E-state index in [1.54, 1.807) is 0 Å². The predicted octanol–water partition coefficient (Wildman–Crippen LogP) is 5.14. The van der Waals surface area contributed by atoms with Gasteiger partial charge in [0.25, 0.3) is 0 Å². The Labute approximate surface area is 193 Å². The SMILES string of the molecule is Cc1ccc(COc2ccc3c(ccn3[C@@H](c3ccccc3)[C@H](O)CCNC(=O)O)c2)cc1. The molecule has 0 unspecified atom stereocenters. The lowest BCUT2D eigenvalue weighted by Crippen LogP contribution is -2.30. The van der Waals surface area contributed by atoms with Crippen LogP contribution in [-0.2, 0) is 6.61 Å². The van der Waals surface area contributed by atoms with Crippen molar-refractivity contribution in [2.45, 2.75) is 32.1 Å². The van der Waals surface area contributed by atoms with Crippen molar-refractivity contribution >= 4 is 17.0 Å². The van der Waals surface area contributed by atoms with Crippen LogP contribution in [0.2, 0.25) is 0 Å². The first-order chi connectivity index (χ1) is 16.0. The molecule has 0 radical (unpaired) electrons. The number of carbonyl (C=O) groups is 1. The molecule has 0 fully saturated rings. The van der Waals surface area contributed by atoms with E-state index in [1.807, 2.05) is 65.4 Å². The zero-order chi connectivity index (χ0) is 23.2. The number of nitrogens with one attached hydrogen (secondary N) is 1. The Balaban J connectivity index is 1.57. The molecule has 6 nitrogen and oxygen atoms in total. The molecular weight excluding hydrogens is 416 g/mol. The quantitative estimate of drug-likeness (QED) is 0.334. The number of benzene rings is 3. The maximum atomic E-state index is 11.0. The largest absolute Gasteiger partial charge is 0.489 e. The molecule has 0 aliphatic carbocycles. The van der Waals surface area contributed by atoms with E-state index in [1.165, 1.54) is 5.56 Å². The van der Waals surface area contributed by atoms with Crippen molar-refractivity contribution in [3.8, 4) is 5.75 Å². The highest BCUT2D eigenvalue weighted by molar-refractivity contribution is 5.82. The van der Waals surface area contributed by atoms with Gasteiger partial charge < -0.3 is 24.8 Å². The Morgan fingerprint density at radius 3 is 2.52 bits per heavy atom. The number of aromatic nitrogens is 1. The van der Waals surface area contributed by atoms with E-state index in [0.717, 1.165) is 27.8 Å². The number of hydrogen-bond donors (Lipinski definition) is 3. The molecule has 0 saturated carbocycles. The number of nitrogens with zero attached hydrogens (tertiary/aromatic N) is 1. The molecule has 0 spiro atoms. The molecule has 1 aromatic heterocycles. The number of fused-ring (bicyclic) bond motifs is 1. The summed E-state index contributed by atoms with van der Waals surface area (Å²) in [7, 11) is 0. The smallest absolute Gasteiger partial charge is 0.404 e. The number of carboxylic acid groups (broad SMARTS) is 1. The first kappa shape index (κ1) is 22.4. The zero-order valence-corrected chi connectivity index (χ0v) is 18.5. The summed E-state index contributed by atoms with van der Waals surface area (Å²) >= 11 is 0. The second-order valence-electron chi connectivity index (χ2n) is 8.16. The van der Waals surface area contributed by atoms with Gasteiger partial charge in [0, 0.05) is 23.6 Å². The summed E-state index contributed by atoms with van der Waals surface area (Å²) in [6.45, 7) is 2.73. The molecule has 0 bridgehead atoms. The van der Waals surface area contributed by atoms with Crippen LogP contribution in [0.25, 0.3) is 10.9 Å². The summed E-state index contributed by atoms with van der Waals surface area (Å²) in [4.78, 5) is 10.8. The molecule has 3 N–H and O–H groups in total. The van der Waals surface area contributed by atoms with Crippen LogP contribution in [0.5, 0.6) is 5.75 Å². The summed E-state index contributed by atoms with van der Waals surface area (Å²) in [5, 5.41) is 23.2. The lowest BCUT2D eigenvalue weighted by Gasteiger charge is -2.26. The molecular formula is C27H28N2O4. The highest BCUT2D eigenvalue weighted by atomic mass is 16.5. The fourth-order valence-corrected chi connectivity index (χ4v) is 4.03. The Kier molecular flexibility index (Phi) is 6.95. The average molecular weight is 445 g/mol. The number of aryl methyl sites for hydroxylation is 1. The third-order valence-electron chi connectivity index (χ3n) is 5.74. The Morgan fingerprint density at radius 2 is 1.79 bits per heavy atom. The van der Waals surface area contributed by atoms with Crippen molar-refractivity contribution in [1.82, 2.24) is 9.88 Å². The van der Waals surface area contributed by atoms with Gasteiger partial charge in [0.15, 0.2) is 0 Å². The van der Waals surface area contributed by atoms with Gasteiger partial charge in [-0.05, 0) is 48.7 Å². The van der Waals surface area contributed by atoms with Crippen LogP contribution in [0, 0.1) is 6.92 Å². The molecule has 2 atom stereocenters. The fourth-order valence-electron chi connectivity index (χ4n) is 4.03. The zero-order valence-electron chi connectivity index (χ0n) is 18.5. The van der Waals surface area contributed by atoms with Crippen LogP contribution in [-0.4, -0.2) is 33.5 Å². The fraction of sp³-hybridized carbons (Fsp3) is 0.222. The second kappa shape index (κ2) is 10.2. The number of aliphatic hydroxyl groups is 1. The molecule has 0 aliphatic heterocycles. The predicted molar refractivity (Wildman–Crippen MR) is 129 cm³/mol. The van der Waals surface area contributed by atoms with E-state index in [9.17, 15) is 9.90 Å². The maximum absolute atomic E-state index is 11.0. The minimum Gasteiger partial charge on any atom is -0.489 e. The van der Waals surface area contributed by atoms with Crippen LogP contribution in [0.3, 0.4) is 0 Å². The van der Waals surface area contributed by atoms with E-state index in [-0.39, 0.29) is 12.6 Å². The standard InChI is InChI=1S/C27H28N2O4/c1-19-7-9-20(10-8-19)18-33-23-11-12-24-22(17-23)14-16-29(24)26(21-5-3-2-4-6-21)25(30)13-15-28-27(31)32/h2-12,14,16-17,25-26,28,30H,13,15,18H2,1H3,(H,31,32)/t25-,26+/m1/s1. The van der Waals surface area contributed by atoms with E-state index in [4.69, 9.17) is 9.84 Å². The van der Waals surface area contributed by atoms with Crippen LogP contribution in [0.1, 0.15) is 29.2 Å². The van der Waals surface area contributed by atoms with E-state index in [2.05, 4.69) is 36.5 Å². The number of hydrogen-bond acceptors (Lipinski definition) is 3.